The van der Waals surface area contributed by atoms with Crippen LogP contribution in [0.25, 0.3) is 0 Å². The molecule has 0 saturated carbocycles. The van der Waals surface area contributed by atoms with E-state index in [1.165, 1.54) is 40.3 Å². The first kappa shape index (κ1) is 20.9. The lowest BCUT2D eigenvalue weighted by atomic mass is 9.82. The number of hydrogen-bond donors (Lipinski definition) is 2. The van der Waals surface area contributed by atoms with Gasteiger partial charge in [-0.3, -0.25) is 4.98 Å². The zero-order valence-corrected chi connectivity index (χ0v) is 18.1. The standard InChI is InChI=1S/C26H29N3O2/c1-3-18-6-4-9-21(14-18)29(2)22-10-11-23-19(15-22)7-5-8-20(23)16-28-25-17-27-13-12-24(25)26(30)31/h4,6,9-15,17,20,28H,3,5,7-8,16H2,1-2H3,(H,30,31)/t20-/m0/s1. The van der Waals surface area contributed by atoms with Crippen LogP contribution in [0.2, 0.25) is 0 Å². The number of hydrogen-bond acceptors (Lipinski definition) is 4. The van der Waals surface area contributed by atoms with Crippen molar-refractivity contribution in [2.75, 3.05) is 23.8 Å². The van der Waals surface area contributed by atoms with E-state index in [9.17, 15) is 9.90 Å². The maximum Gasteiger partial charge on any atom is 0.337 e. The maximum absolute atomic E-state index is 11.5. The molecule has 0 radical (unpaired) electrons. The number of nitrogens with one attached hydrogen (secondary N) is 1. The van der Waals surface area contributed by atoms with E-state index >= 15 is 0 Å². The summed E-state index contributed by atoms with van der Waals surface area (Å²) >= 11 is 0. The Hall–Kier alpha value is -3.34. The van der Waals surface area contributed by atoms with Gasteiger partial charge in [0, 0.05) is 37.1 Å². The third-order valence-corrected chi connectivity index (χ3v) is 6.25. The summed E-state index contributed by atoms with van der Waals surface area (Å²) in [5.41, 5.74) is 7.32. The van der Waals surface area contributed by atoms with E-state index in [2.05, 4.69) is 71.6 Å². The molecular formula is C26H29N3O2. The molecule has 0 spiro atoms. The monoisotopic (exact) mass is 415 g/mol. The number of carboxylic acids is 1. The van der Waals surface area contributed by atoms with Crippen molar-refractivity contribution < 1.29 is 9.90 Å². The number of rotatable bonds is 7. The Morgan fingerprint density at radius 1 is 1.19 bits per heavy atom. The first-order valence-electron chi connectivity index (χ1n) is 10.9. The Kier molecular flexibility index (Phi) is 6.21. The maximum atomic E-state index is 11.5. The molecule has 31 heavy (non-hydrogen) atoms. The molecule has 1 heterocycles. The minimum Gasteiger partial charge on any atom is -0.478 e. The second kappa shape index (κ2) is 9.21. The number of benzene rings is 2. The predicted octanol–water partition coefficient (Wildman–Crippen LogP) is 5.64. The van der Waals surface area contributed by atoms with Crippen molar-refractivity contribution in [2.24, 2.45) is 0 Å². The number of carbonyl (C=O) groups is 1. The second-order valence-corrected chi connectivity index (χ2v) is 8.16. The van der Waals surface area contributed by atoms with E-state index in [0.717, 1.165) is 25.7 Å². The van der Waals surface area contributed by atoms with Crippen molar-refractivity contribution in [1.29, 1.82) is 0 Å². The van der Waals surface area contributed by atoms with Crippen LogP contribution in [-0.2, 0) is 12.8 Å². The zero-order chi connectivity index (χ0) is 21.8. The van der Waals surface area contributed by atoms with Crippen LogP contribution in [0.15, 0.2) is 60.9 Å². The lowest BCUT2D eigenvalue weighted by Gasteiger charge is -2.28. The number of aromatic nitrogens is 1. The second-order valence-electron chi connectivity index (χ2n) is 8.16. The SMILES string of the molecule is CCc1cccc(N(C)c2ccc3c(c2)CCC[C@H]3CNc2cnccc2C(=O)O)c1. The van der Waals surface area contributed by atoms with Gasteiger partial charge >= 0.3 is 5.97 Å². The van der Waals surface area contributed by atoms with Crippen molar-refractivity contribution in [1.82, 2.24) is 4.98 Å². The van der Waals surface area contributed by atoms with E-state index in [1.807, 2.05) is 0 Å². The van der Waals surface area contributed by atoms with E-state index in [1.54, 1.807) is 6.20 Å². The summed E-state index contributed by atoms with van der Waals surface area (Å²) in [6, 6.07) is 17.0. The largest absolute Gasteiger partial charge is 0.478 e. The highest BCUT2D eigenvalue weighted by molar-refractivity contribution is 5.93. The van der Waals surface area contributed by atoms with Gasteiger partial charge in [-0.15, -0.1) is 0 Å². The fourth-order valence-electron chi connectivity index (χ4n) is 4.41. The van der Waals surface area contributed by atoms with Crippen molar-refractivity contribution in [3.8, 4) is 0 Å². The van der Waals surface area contributed by atoms with E-state index < -0.39 is 5.97 Å². The summed E-state index contributed by atoms with van der Waals surface area (Å²) in [6.45, 7) is 2.88. The topological polar surface area (TPSA) is 65.5 Å². The van der Waals surface area contributed by atoms with Crippen LogP contribution >= 0.6 is 0 Å². The molecule has 0 unspecified atom stereocenters. The summed E-state index contributed by atoms with van der Waals surface area (Å²) in [5, 5.41) is 12.7. The lowest BCUT2D eigenvalue weighted by Crippen LogP contribution is -2.20. The molecular weight excluding hydrogens is 386 g/mol. The molecule has 1 aromatic heterocycles. The highest BCUT2D eigenvalue weighted by Gasteiger charge is 2.22. The fourth-order valence-corrected chi connectivity index (χ4v) is 4.41. The molecule has 0 aliphatic heterocycles. The summed E-state index contributed by atoms with van der Waals surface area (Å²) < 4.78 is 0. The molecule has 1 aliphatic carbocycles. The van der Waals surface area contributed by atoms with Gasteiger partial charge in [0.05, 0.1) is 17.4 Å². The Morgan fingerprint density at radius 2 is 2.03 bits per heavy atom. The number of aryl methyl sites for hydroxylation is 2. The number of aromatic carboxylic acids is 1. The number of pyridine rings is 1. The van der Waals surface area contributed by atoms with Gasteiger partial charge in [-0.1, -0.05) is 25.1 Å². The summed E-state index contributed by atoms with van der Waals surface area (Å²) in [5.74, 6) is -0.581. The molecule has 0 saturated heterocycles. The average molecular weight is 416 g/mol. The molecule has 5 heteroatoms. The van der Waals surface area contributed by atoms with Gasteiger partial charge in [0.1, 0.15) is 0 Å². The number of anilines is 3. The summed E-state index contributed by atoms with van der Waals surface area (Å²) in [7, 11) is 2.12. The Bertz CT molecular complexity index is 1080. The first-order chi connectivity index (χ1) is 15.1. The minimum absolute atomic E-state index is 0.261. The van der Waals surface area contributed by atoms with Crippen molar-refractivity contribution in [3.63, 3.8) is 0 Å². The third kappa shape index (κ3) is 4.55. The van der Waals surface area contributed by atoms with Crippen molar-refractivity contribution in [3.05, 3.63) is 83.2 Å². The molecule has 4 rings (SSSR count). The van der Waals surface area contributed by atoms with E-state index in [4.69, 9.17) is 0 Å². The van der Waals surface area contributed by atoms with Gasteiger partial charge in [0.25, 0.3) is 0 Å². The molecule has 0 fully saturated rings. The molecule has 3 aromatic rings. The minimum atomic E-state index is -0.936. The van der Waals surface area contributed by atoms with Crippen LogP contribution in [0.5, 0.6) is 0 Å². The highest BCUT2D eigenvalue weighted by Crippen LogP contribution is 2.35. The highest BCUT2D eigenvalue weighted by atomic mass is 16.4. The fraction of sp³-hybridized carbons (Fsp3) is 0.308. The summed E-state index contributed by atoms with van der Waals surface area (Å²) in [4.78, 5) is 17.8. The Morgan fingerprint density at radius 3 is 2.84 bits per heavy atom. The molecule has 0 amide bonds. The van der Waals surface area contributed by atoms with E-state index in [-0.39, 0.29) is 5.56 Å². The van der Waals surface area contributed by atoms with Crippen LogP contribution in [0.4, 0.5) is 17.1 Å². The van der Waals surface area contributed by atoms with Crippen LogP contribution in [-0.4, -0.2) is 29.7 Å². The number of nitrogens with zero attached hydrogens (tertiary/aromatic N) is 2. The molecule has 0 bridgehead atoms. The average Bonchev–Trinajstić information content (AvgIpc) is 2.82. The normalized spacial score (nSPS) is 15.2. The molecule has 2 N–H and O–H groups in total. The van der Waals surface area contributed by atoms with Gasteiger partial charge in [-0.2, -0.15) is 0 Å². The third-order valence-electron chi connectivity index (χ3n) is 6.25. The molecule has 2 aromatic carbocycles. The van der Waals surface area contributed by atoms with E-state index in [0.29, 0.717) is 18.2 Å². The summed E-state index contributed by atoms with van der Waals surface area (Å²) in [6.07, 6.45) is 7.44. The van der Waals surface area contributed by atoms with Crippen molar-refractivity contribution >= 4 is 23.0 Å². The Balaban J connectivity index is 1.53. The first-order valence-corrected chi connectivity index (χ1v) is 10.9. The number of carboxylic acid groups (broad SMARTS) is 1. The van der Waals surface area contributed by atoms with Crippen LogP contribution < -0.4 is 10.2 Å². The molecule has 1 atom stereocenters. The van der Waals surface area contributed by atoms with Gasteiger partial charge in [-0.05, 0) is 72.7 Å². The van der Waals surface area contributed by atoms with Crippen molar-refractivity contribution in [2.45, 2.75) is 38.5 Å². The Labute approximate surface area is 183 Å². The van der Waals surface area contributed by atoms with Gasteiger partial charge in [-0.25, -0.2) is 4.79 Å². The number of fused-ring (bicyclic) bond motifs is 1. The predicted molar refractivity (Wildman–Crippen MR) is 126 cm³/mol. The van der Waals surface area contributed by atoms with Gasteiger partial charge in [0.15, 0.2) is 0 Å². The van der Waals surface area contributed by atoms with Crippen LogP contribution in [0.3, 0.4) is 0 Å². The van der Waals surface area contributed by atoms with Crippen LogP contribution in [0.1, 0.15) is 52.7 Å². The smallest absolute Gasteiger partial charge is 0.337 e. The lowest BCUT2D eigenvalue weighted by molar-refractivity contribution is 0.0698. The van der Waals surface area contributed by atoms with Gasteiger partial charge < -0.3 is 15.3 Å². The molecule has 1 aliphatic rings. The molecule has 5 nitrogen and oxygen atoms in total. The van der Waals surface area contributed by atoms with Crippen LogP contribution in [0, 0.1) is 0 Å². The zero-order valence-electron chi connectivity index (χ0n) is 18.1. The molecule has 160 valence electrons. The quantitative estimate of drug-likeness (QED) is 0.523. The van der Waals surface area contributed by atoms with Gasteiger partial charge in [0.2, 0.25) is 0 Å².